The van der Waals surface area contributed by atoms with Crippen molar-refractivity contribution in [1.82, 2.24) is 10.2 Å². The molecule has 0 amide bonds. The van der Waals surface area contributed by atoms with Crippen LogP contribution < -0.4 is 10.1 Å². The Hall–Kier alpha value is -1.17. The van der Waals surface area contributed by atoms with Gasteiger partial charge in [0.25, 0.3) is 0 Å². The number of halogens is 1. The normalized spacial score (nSPS) is 30.6. The van der Waals surface area contributed by atoms with Crippen LogP contribution in [-0.2, 0) is 4.74 Å². The zero-order valence-corrected chi connectivity index (χ0v) is 11.9. The van der Waals surface area contributed by atoms with E-state index in [1.54, 1.807) is 0 Å². The molecular weight excluding hydrogens is 259 g/mol. The van der Waals surface area contributed by atoms with Crippen LogP contribution in [-0.4, -0.2) is 50.4 Å². The molecule has 1 aromatic carbocycles. The van der Waals surface area contributed by atoms with E-state index in [9.17, 15) is 4.39 Å². The minimum atomic E-state index is -0.253. The van der Waals surface area contributed by atoms with Crippen LogP contribution in [0.25, 0.3) is 0 Å². The van der Waals surface area contributed by atoms with Gasteiger partial charge in [0.15, 0.2) is 0 Å². The highest BCUT2D eigenvalue weighted by atomic mass is 19.1. The highest BCUT2D eigenvalue weighted by Gasteiger charge is 2.35. The van der Waals surface area contributed by atoms with Gasteiger partial charge in [-0.25, -0.2) is 4.39 Å². The number of hydrogen-bond donors (Lipinski definition) is 1. The van der Waals surface area contributed by atoms with Crippen LogP contribution in [0.1, 0.15) is 18.5 Å². The number of hydrogen-bond acceptors (Lipinski definition) is 4. The first kappa shape index (κ1) is 13.8. The third-order valence-corrected chi connectivity index (χ3v) is 4.16. The summed E-state index contributed by atoms with van der Waals surface area (Å²) >= 11 is 0. The molecule has 110 valence electrons. The second-order valence-electron chi connectivity index (χ2n) is 5.50. The van der Waals surface area contributed by atoms with Gasteiger partial charge in [-0.2, -0.15) is 0 Å². The fourth-order valence-electron chi connectivity index (χ4n) is 3.18. The van der Waals surface area contributed by atoms with Crippen LogP contribution >= 0.6 is 0 Å². The summed E-state index contributed by atoms with van der Waals surface area (Å²) in [6.45, 7) is 5.24. The first-order valence-corrected chi connectivity index (χ1v) is 7.14. The van der Waals surface area contributed by atoms with Crippen molar-refractivity contribution in [3.8, 4) is 5.75 Å². The monoisotopic (exact) mass is 280 g/mol. The molecule has 0 spiro atoms. The number of benzene rings is 1. The summed E-state index contributed by atoms with van der Waals surface area (Å²) in [5.41, 5.74) is 1.03. The van der Waals surface area contributed by atoms with E-state index in [0.29, 0.717) is 12.4 Å². The standard InChI is InChI=1S/C15H21FN2O2/c1-10-8-18(5-6-19-10)13-9-20-14-7-11(16)3-4-12(14)15(13)17-2/h3-4,7,10,13,15,17H,5-6,8-9H2,1-2H3/t10-,13?,15+/m1/s1. The molecule has 0 radical (unpaired) electrons. The van der Waals surface area contributed by atoms with Crippen molar-refractivity contribution >= 4 is 0 Å². The molecule has 0 aliphatic carbocycles. The molecule has 0 aromatic heterocycles. The predicted octanol–water partition coefficient (Wildman–Crippen LogP) is 1.57. The Balaban J connectivity index is 1.85. The van der Waals surface area contributed by atoms with Crippen LogP contribution in [0.2, 0.25) is 0 Å². The second kappa shape index (κ2) is 5.68. The van der Waals surface area contributed by atoms with E-state index in [1.165, 1.54) is 12.1 Å². The van der Waals surface area contributed by atoms with Crippen molar-refractivity contribution in [3.05, 3.63) is 29.6 Å². The maximum absolute atomic E-state index is 13.3. The van der Waals surface area contributed by atoms with Crippen molar-refractivity contribution < 1.29 is 13.9 Å². The third-order valence-electron chi connectivity index (χ3n) is 4.16. The molecule has 1 aromatic rings. The summed E-state index contributed by atoms with van der Waals surface area (Å²) in [6.07, 6.45) is 0.246. The van der Waals surface area contributed by atoms with Gasteiger partial charge in [-0.05, 0) is 20.0 Å². The summed E-state index contributed by atoms with van der Waals surface area (Å²) < 4.78 is 24.7. The van der Waals surface area contributed by atoms with Crippen molar-refractivity contribution in [2.45, 2.75) is 25.1 Å². The zero-order valence-electron chi connectivity index (χ0n) is 11.9. The molecule has 1 unspecified atom stereocenters. The topological polar surface area (TPSA) is 33.7 Å². The zero-order chi connectivity index (χ0) is 14.1. The van der Waals surface area contributed by atoms with Gasteiger partial charge in [0.1, 0.15) is 18.2 Å². The Morgan fingerprint density at radius 1 is 1.40 bits per heavy atom. The van der Waals surface area contributed by atoms with Crippen LogP contribution in [0, 0.1) is 5.82 Å². The second-order valence-corrected chi connectivity index (χ2v) is 5.50. The lowest BCUT2D eigenvalue weighted by Crippen LogP contribution is -2.54. The smallest absolute Gasteiger partial charge is 0.127 e. The van der Waals surface area contributed by atoms with Gasteiger partial charge in [-0.1, -0.05) is 6.07 Å². The first-order valence-electron chi connectivity index (χ1n) is 7.14. The van der Waals surface area contributed by atoms with Crippen LogP contribution in [0.5, 0.6) is 5.75 Å². The van der Waals surface area contributed by atoms with Crippen LogP contribution in [0.4, 0.5) is 4.39 Å². The quantitative estimate of drug-likeness (QED) is 0.891. The minimum Gasteiger partial charge on any atom is -0.491 e. The van der Waals surface area contributed by atoms with E-state index in [0.717, 1.165) is 25.3 Å². The Morgan fingerprint density at radius 3 is 3.00 bits per heavy atom. The van der Waals surface area contributed by atoms with Gasteiger partial charge in [0, 0.05) is 24.7 Å². The average molecular weight is 280 g/mol. The predicted molar refractivity (Wildman–Crippen MR) is 74.5 cm³/mol. The number of morpholine rings is 1. The van der Waals surface area contributed by atoms with Crippen molar-refractivity contribution in [1.29, 1.82) is 0 Å². The lowest BCUT2D eigenvalue weighted by atomic mass is 9.94. The highest BCUT2D eigenvalue weighted by Crippen LogP contribution is 2.35. The number of likely N-dealkylation sites (N-methyl/N-ethyl adjacent to an activating group) is 1. The molecule has 3 atom stereocenters. The van der Waals surface area contributed by atoms with Crippen molar-refractivity contribution in [3.63, 3.8) is 0 Å². The average Bonchev–Trinajstić information content (AvgIpc) is 2.45. The molecule has 1 saturated heterocycles. The molecule has 0 bridgehead atoms. The van der Waals surface area contributed by atoms with E-state index in [-0.39, 0.29) is 24.0 Å². The summed E-state index contributed by atoms with van der Waals surface area (Å²) in [5.74, 6) is 0.402. The van der Waals surface area contributed by atoms with Crippen molar-refractivity contribution in [2.24, 2.45) is 0 Å². The summed E-state index contributed by atoms with van der Waals surface area (Å²) in [5, 5.41) is 3.36. The fourth-order valence-corrected chi connectivity index (χ4v) is 3.18. The lowest BCUT2D eigenvalue weighted by Gasteiger charge is -2.43. The molecule has 5 heteroatoms. The van der Waals surface area contributed by atoms with Crippen LogP contribution in [0.3, 0.4) is 0 Å². The summed E-state index contributed by atoms with van der Waals surface area (Å²) in [7, 11) is 1.94. The molecule has 2 heterocycles. The van der Waals surface area contributed by atoms with E-state index in [4.69, 9.17) is 9.47 Å². The highest BCUT2D eigenvalue weighted by molar-refractivity contribution is 5.39. The number of nitrogens with one attached hydrogen (secondary N) is 1. The SMILES string of the molecule is CN[C@H]1c2ccc(F)cc2OCC1N1CCO[C@H](C)C1. The van der Waals surface area contributed by atoms with E-state index in [1.807, 2.05) is 13.1 Å². The van der Waals surface area contributed by atoms with Gasteiger partial charge >= 0.3 is 0 Å². The van der Waals surface area contributed by atoms with Gasteiger partial charge in [0.2, 0.25) is 0 Å². The summed E-state index contributed by atoms with van der Waals surface area (Å²) in [6, 6.07) is 5.20. The number of fused-ring (bicyclic) bond motifs is 1. The molecular formula is C15H21FN2O2. The molecule has 2 aliphatic rings. The fraction of sp³-hybridized carbons (Fsp3) is 0.600. The van der Waals surface area contributed by atoms with Gasteiger partial charge < -0.3 is 14.8 Å². The van der Waals surface area contributed by atoms with Gasteiger partial charge in [0.05, 0.1) is 24.8 Å². The minimum absolute atomic E-state index is 0.157. The number of nitrogens with zero attached hydrogens (tertiary/aromatic N) is 1. The lowest BCUT2D eigenvalue weighted by molar-refractivity contribution is -0.0500. The molecule has 2 aliphatic heterocycles. The maximum atomic E-state index is 13.3. The maximum Gasteiger partial charge on any atom is 0.127 e. The molecule has 0 saturated carbocycles. The molecule has 3 rings (SSSR count). The molecule has 20 heavy (non-hydrogen) atoms. The molecule has 1 fully saturated rings. The Labute approximate surface area is 118 Å². The third kappa shape index (κ3) is 2.53. The largest absolute Gasteiger partial charge is 0.491 e. The number of ether oxygens (including phenoxy) is 2. The number of rotatable bonds is 2. The van der Waals surface area contributed by atoms with E-state index < -0.39 is 0 Å². The summed E-state index contributed by atoms with van der Waals surface area (Å²) in [4.78, 5) is 2.40. The van der Waals surface area contributed by atoms with Crippen molar-refractivity contribution in [2.75, 3.05) is 33.4 Å². The molecule has 1 N–H and O–H groups in total. The first-order chi connectivity index (χ1) is 9.69. The Bertz CT molecular complexity index is 483. The van der Waals surface area contributed by atoms with E-state index in [2.05, 4.69) is 17.1 Å². The van der Waals surface area contributed by atoms with Gasteiger partial charge in [-0.15, -0.1) is 0 Å². The molecule has 4 nitrogen and oxygen atoms in total. The van der Waals surface area contributed by atoms with Crippen LogP contribution in [0.15, 0.2) is 18.2 Å². The Kier molecular flexibility index (Phi) is 3.92. The van der Waals surface area contributed by atoms with Gasteiger partial charge in [-0.3, -0.25) is 4.90 Å². The van der Waals surface area contributed by atoms with E-state index >= 15 is 0 Å². The Morgan fingerprint density at radius 2 is 2.25 bits per heavy atom.